The number of fused-ring (bicyclic) bond motifs is 1. The van der Waals surface area contributed by atoms with Crippen LogP contribution in [0, 0.1) is 12.8 Å². The Hall–Kier alpha value is -2.15. The minimum Gasteiger partial charge on any atom is -0.442 e. The quantitative estimate of drug-likeness (QED) is 0.828. The van der Waals surface area contributed by atoms with Gasteiger partial charge in [-0.1, -0.05) is 13.8 Å². The molecule has 1 amide bonds. The van der Waals surface area contributed by atoms with Crippen LogP contribution in [0.25, 0.3) is 11.1 Å². The van der Waals surface area contributed by atoms with E-state index in [0.717, 1.165) is 13.1 Å². The summed E-state index contributed by atoms with van der Waals surface area (Å²) in [7, 11) is 3.69. The number of aryl methyl sites for hydroxylation is 2. The maximum atomic E-state index is 13.3. The van der Waals surface area contributed by atoms with Gasteiger partial charge in [-0.3, -0.25) is 9.59 Å². The van der Waals surface area contributed by atoms with Gasteiger partial charge in [-0.25, -0.2) is 4.98 Å². The fourth-order valence-electron chi connectivity index (χ4n) is 3.36. The highest BCUT2D eigenvalue weighted by molar-refractivity contribution is 6.06. The van der Waals surface area contributed by atoms with Crippen molar-refractivity contribution in [3.8, 4) is 0 Å². The molecule has 0 aliphatic carbocycles. The molecule has 1 aliphatic rings. The Balaban J connectivity index is 2.10. The predicted octanol–water partition coefficient (Wildman–Crippen LogP) is 1.25. The number of hydrogen-bond acceptors (Lipinski definition) is 5. The molecular formula is C17H24N4O3. The minimum atomic E-state index is -0.254. The van der Waals surface area contributed by atoms with E-state index < -0.39 is 0 Å². The summed E-state index contributed by atoms with van der Waals surface area (Å²) < 4.78 is 6.95. The van der Waals surface area contributed by atoms with Crippen molar-refractivity contribution in [3.63, 3.8) is 0 Å². The van der Waals surface area contributed by atoms with Crippen molar-refractivity contribution < 1.29 is 9.21 Å². The lowest BCUT2D eigenvalue weighted by atomic mass is 9.98. The molecule has 0 radical (unpaired) electrons. The SMILES string of the molecule is Cc1oc2ncn(C)c(=O)c2c1C(=O)N1CCN(C)CC1C(C)C. The van der Waals surface area contributed by atoms with Crippen LogP contribution in [0.2, 0.25) is 0 Å². The van der Waals surface area contributed by atoms with Gasteiger partial charge in [0.15, 0.2) is 0 Å². The second-order valence-corrected chi connectivity index (χ2v) is 6.95. The van der Waals surface area contributed by atoms with E-state index in [1.165, 1.54) is 10.9 Å². The number of carbonyl (C=O) groups is 1. The fourth-order valence-corrected chi connectivity index (χ4v) is 3.36. The molecule has 0 aromatic carbocycles. The molecular weight excluding hydrogens is 308 g/mol. The molecule has 0 spiro atoms. The van der Waals surface area contributed by atoms with E-state index in [4.69, 9.17) is 4.42 Å². The first-order chi connectivity index (χ1) is 11.3. The first-order valence-electron chi connectivity index (χ1n) is 8.25. The van der Waals surface area contributed by atoms with E-state index in [9.17, 15) is 9.59 Å². The van der Waals surface area contributed by atoms with Gasteiger partial charge in [0.25, 0.3) is 11.5 Å². The standard InChI is InChI=1S/C17H24N4O3/c1-10(2)12-8-19(4)6-7-21(12)17(23)13-11(3)24-15-14(13)16(22)20(5)9-18-15/h9-10,12H,6-8H2,1-5H3. The number of aromatic nitrogens is 2. The summed E-state index contributed by atoms with van der Waals surface area (Å²) in [5.74, 6) is 0.645. The van der Waals surface area contributed by atoms with Crippen molar-refractivity contribution in [2.45, 2.75) is 26.8 Å². The lowest BCUT2D eigenvalue weighted by molar-refractivity contribution is 0.0402. The van der Waals surface area contributed by atoms with Crippen molar-refractivity contribution in [3.05, 3.63) is 28.0 Å². The Morgan fingerprint density at radius 1 is 1.33 bits per heavy atom. The number of piperazine rings is 1. The molecule has 7 heteroatoms. The number of amides is 1. The number of rotatable bonds is 2. The molecule has 1 saturated heterocycles. The third-order valence-electron chi connectivity index (χ3n) is 4.81. The lowest BCUT2D eigenvalue weighted by Gasteiger charge is -2.42. The van der Waals surface area contributed by atoms with Gasteiger partial charge in [-0.15, -0.1) is 0 Å². The van der Waals surface area contributed by atoms with E-state index in [2.05, 4.69) is 30.8 Å². The Labute approximate surface area is 140 Å². The second kappa shape index (κ2) is 6.05. The van der Waals surface area contributed by atoms with Crippen molar-refractivity contribution in [1.29, 1.82) is 0 Å². The molecule has 1 atom stereocenters. The van der Waals surface area contributed by atoms with E-state index in [-0.39, 0.29) is 28.6 Å². The number of hydrogen-bond donors (Lipinski definition) is 0. The van der Waals surface area contributed by atoms with Crippen LogP contribution in [0.5, 0.6) is 0 Å². The lowest BCUT2D eigenvalue weighted by Crippen LogP contribution is -2.56. The van der Waals surface area contributed by atoms with Crippen LogP contribution in [0.4, 0.5) is 0 Å². The zero-order valence-corrected chi connectivity index (χ0v) is 14.9. The van der Waals surface area contributed by atoms with Crippen LogP contribution in [0.15, 0.2) is 15.5 Å². The third-order valence-corrected chi connectivity index (χ3v) is 4.81. The molecule has 1 aliphatic heterocycles. The van der Waals surface area contributed by atoms with Gasteiger partial charge < -0.3 is 18.8 Å². The monoisotopic (exact) mass is 332 g/mol. The Morgan fingerprint density at radius 3 is 2.71 bits per heavy atom. The molecule has 130 valence electrons. The van der Waals surface area contributed by atoms with Crippen molar-refractivity contribution >= 4 is 17.0 Å². The maximum absolute atomic E-state index is 13.3. The van der Waals surface area contributed by atoms with Crippen LogP contribution in [0.3, 0.4) is 0 Å². The van der Waals surface area contributed by atoms with Gasteiger partial charge >= 0.3 is 0 Å². The van der Waals surface area contributed by atoms with Gasteiger partial charge in [-0.2, -0.15) is 0 Å². The van der Waals surface area contributed by atoms with Crippen LogP contribution in [-0.2, 0) is 7.05 Å². The average molecular weight is 332 g/mol. The molecule has 2 aromatic heterocycles. The summed E-state index contributed by atoms with van der Waals surface area (Å²) in [4.78, 5) is 34.0. The van der Waals surface area contributed by atoms with Crippen LogP contribution in [0.1, 0.15) is 30.0 Å². The number of furan rings is 1. The van der Waals surface area contributed by atoms with Gasteiger partial charge in [-0.05, 0) is 19.9 Å². The average Bonchev–Trinajstić information content (AvgIpc) is 2.87. The predicted molar refractivity (Wildman–Crippen MR) is 91.1 cm³/mol. The molecule has 7 nitrogen and oxygen atoms in total. The van der Waals surface area contributed by atoms with E-state index in [1.807, 2.05) is 4.90 Å². The van der Waals surface area contributed by atoms with E-state index in [0.29, 0.717) is 23.8 Å². The Kier molecular flexibility index (Phi) is 4.21. The first kappa shape index (κ1) is 16.7. The zero-order valence-electron chi connectivity index (χ0n) is 14.9. The molecule has 0 N–H and O–H groups in total. The summed E-state index contributed by atoms with van der Waals surface area (Å²) >= 11 is 0. The summed E-state index contributed by atoms with van der Waals surface area (Å²) in [6, 6.07) is 0.112. The topological polar surface area (TPSA) is 71.6 Å². The van der Waals surface area contributed by atoms with Crippen molar-refractivity contribution in [2.75, 3.05) is 26.7 Å². The molecule has 3 rings (SSSR count). The third kappa shape index (κ3) is 2.62. The highest BCUT2D eigenvalue weighted by Gasteiger charge is 2.34. The number of likely N-dealkylation sites (N-methyl/N-ethyl adjacent to an activating group) is 1. The van der Waals surface area contributed by atoms with Crippen molar-refractivity contribution in [1.82, 2.24) is 19.4 Å². The molecule has 0 bridgehead atoms. The zero-order chi connectivity index (χ0) is 17.6. The molecule has 1 fully saturated rings. The summed E-state index contributed by atoms with van der Waals surface area (Å²) in [5.41, 5.74) is 0.332. The van der Waals surface area contributed by atoms with Gasteiger partial charge in [0, 0.05) is 32.7 Å². The van der Waals surface area contributed by atoms with Gasteiger partial charge in [0.1, 0.15) is 17.5 Å². The molecule has 24 heavy (non-hydrogen) atoms. The fraction of sp³-hybridized carbons (Fsp3) is 0.588. The van der Waals surface area contributed by atoms with E-state index in [1.54, 1.807) is 14.0 Å². The minimum absolute atomic E-state index is 0.112. The molecule has 2 aromatic rings. The second-order valence-electron chi connectivity index (χ2n) is 6.95. The molecule has 3 heterocycles. The van der Waals surface area contributed by atoms with Crippen molar-refractivity contribution in [2.24, 2.45) is 13.0 Å². The summed E-state index contributed by atoms with van der Waals surface area (Å²) in [6.07, 6.45) is 1.41. The van der Waals surface area contributed by atoms with E-state index >= 15 is 0 Å². The summed E-state index contributed by atoms with van der Waals surface area (Å²) in [6.45, 7) is 8.24. The van der Waals surface area contributed by atoms with Gasteiger partial charge in [0.05, 0.1) is 5.56 Å². The Morgan fingerprint density at radius 2 is 2.04 bits per heavy atom. The normalized spacial score (nSPS) is 19.4. The number of nitrogens with zero attached hydrogens (tertiary/aromatic N) is 4. The molecule has 1 unspecified atom stereocenters. The van der Waals surface area contributed by atoms with Crippen LogP contribution in [-0.4, -0.2) is 58.0 Å². The van der Waals surface area contributed by atoms with Crippen LogP contribution >= 0.6 is 0 Å². The maximum Gasteiger partial charge on any atom is 0.265 e. The highest BCUT2D eigenvalue weighted by atomic mass is 16.3. The largest absolute Gasteiger partial charge is 0.442 e. The molecule has 0 saturated carbocycles. The Bertz CT molecular complexity index is 836. The first-order valence-corrected chi connectivity index (χ1v) is 8.25. The smallest absolute Gasteiger partial charge is 0.265 e. The van der Waals surface area contributed by atoms with Gasteiger partial charge in [0.2, 0.25) is 5.71 Å². The highest BCUT2D eigenvalue weighted by Crippen LogP contribution is 2.26. The summed E-state index contributed by atoms with van der Waals surface area (Å²) in [5, 5.41) is 0.281. The number of carbonyl (C=O) groups excluding carboxylic acids is 1. The van der Waals surface area contributed by atoms with Crippen LogP contribution < -0.4 is 5.56 Å².